The molecular formula is C15H28N2O3. The maximum atomic E-state index is 12.7. The van der Waals surface area contributed by atoms with Crippen molar-refractivity contribution in [2.75, 3.05) is 27.2 Å². The molecule has 1 aliphatic rings. The van der Waals surface area contributed by atoms with E-state index in [1.54, 1.807) is 18.9 Å². The second-order valence-electron chi connectivity index (χ2n) is 6.01. The van der Waals surface area contributed by atoms with Crippen molar-refractivity contribution in [1.82, 2.24) is 4.90 Å². The Kier molecular flexibility index (Phi) is 6.46. The smallest absolute Gasteiger partial charge is 0.310 e. The summed E-state index contributed by atoms with van der Waals surface area (Å²) in [4.78, 5) is 25.9. The lowest BCUT2D eigenvalue weighted by atomic mass is 9.79. The Morgan fingerprint density at radius 3 is 2.25 bits per heavy atom. The van der Waals surface area contributed by atoms with Crippen molar-refractivity contribution >= 4 is 11.9 Å². The SMILES string of the molecule is COC(=O)C(C)CN(C)C(=O)C1(CN)CCCCCC1. The van der Waals surface area contributed by atoms with Crippen molar-refractivity contribution in [1.29, 1.82) is 0 Å². The number of nitrogens with zero attached hydrogens (tertiary/aromatic N) is 1. The summed E-state index contributed by atoms with van der Waals surface area (Å²) in [6, 6.07) is 0. The molecule has 0 aromatic heterocycles. The van der Waals surface area contributed by atoms with Gasteiger partial charge in [0.05, 0.1) is 18.4 Å². The van der Waals surface area contributed by atoms with Gasteiger partial charge in [0.1, 0.15) is 0 Å². The Morgan fingerprint density at radius 2 is 1.80 bits per heavy atom. The summed E-state index contributed by atoms with van der Waals surface area (Å²) in [6.07, 6.45) is 6.19. The molecule has 0 bridgehead atoms. The van der Waals surface area contributed by atoms with Gasteiger partial charge >= 0.3 is 5.97 Å². The maximum absolute atomic E-state index is 12.7. The average Bonchev–Trinajstić information content (AvgIpc) is 2.71. The Balaban J connectivity index is 2.72. The van der Waals surface area contributed by atoms with Crippen molar-refractivity contribution in [2.24, 2.45) is 17.1 Å². The predicted octanol–water partition coefficient (Wildman–Crippen LogP) is 1.55. The number of ether oxygens (including phenoxy) is 1. The molecule has 5 heteroatoms. The summed E-state index contributed by atoms with van der Waals surface area (Å²) in [5.41, 5.74) is 5.49. The van der Waals surface area contributed by atoms with Crippen molar-refractivity contribution in [3.63, 3.8) is 0 Å². The number of amides is 1. The molecule has 116 valence electrons. The summed E-state index contributed by atoms with van der Waals surface area (Å²) in [6.45, 7) is 2.55. The minimum absolute atomic E-state index is 0.0812. The average molecular weight is 284 g/mol. The fourth-order valence-electron chi connectivity index (χ4n) is 3.08. The van der Waals surface area contributed by atoms with Crippen LogP contribution >= 0.6 is 0 Å². The van der Waals surface area contributed by atoms with E-state index in [4.69, 9.17) is 10.5 Å². The molecule has 1 saturated carbocycles. The van der Waals surface area contributed by atoms with Gasteiger partial charge in [-0.15, -0.1) is 0 Å². The molecule has 0 aromatic carbocycles. The van der Waals surface area contributed by atoms with Gasteiger partial charge in [-0.25, -0.2) is 0 Å². The van der Waals surface area contributed by atoms with E-state index in [1.165, 1.54) is 20.0 Å². The minimum atomic E-state index is -0.429. The van der Waals surface area contributed by atoms with Crippen LogP contribution in [0.4, 0.5) is 0 Å². The highest BCUT2D eigenvalue weighted by Crippen LogP contribution is 2.35. The Hall–Kier alpha value is -1.10. The maximum Gasteiger partial charge on any atom is 0.310 e. The van der Waals surface area contributed by atoms with Crippen molar-refractivity contribution in [3.05, 3.63) is 0 Å². The number of nitrogens with two attached hydrogens (primary N) is 1. The highest BCUT2D eigenvalue weighted by molar-refractivity contribution is 5.83. The molecule has 0 radical (unpaired) electrons. The number of methoxy groups -OCH3 is 1. The molecule has 0 aliphatic heterocycles. The van der Waals surface area contributed by atoms with E-state index >= 15 is 0 Å². The summed E-state index contributed by atoms with van der Waals surface area (Å²) in [5.74, 6) is -0.514. The minimum Gasteiger partial charge on any atom is -0.469 e. The van der Waals surface area contributed by atoms with Gasteiger partial charge in [-0.2, -0.15) is 0 Å². The van der Waals surface area contributed by atoms with Crippen LogP contribution in [0.25, 0.3) is 0 Å². The van der Waals surface area contributed by atoms with E-state index in [0.29, 0.717) is 13.1 Å². The molecule has 1 aliphatic carbocycles. The summed E-state index contributed by atoms with van der Waals surface area (Å²) in [7, 11) is 3.12. The first kappa shape index (κ1) is 17.0. The standard InChI is InChI=1S/C15H28N2O3/c1-12(13(18)20-3)10-17(2)14(19)15(11-16)8-6-4-5-7-9-15/h12H,4-11,16H2,1-3H3. The molecule has 1 atom stereocenters. The molecule has 20 heavy (non-hydrogen) atoms. The molecule has 2 N–H and O–H groups in total. The predicted molar refractivity (Wildman–Crippen MR) is 78.0 cm³/mol. The first-order chi connectivity index (χ1) is 9.46. The normalized spacial score (nSPS) is 19.8. The van der Waals surface area contributed by atoms with E-state index in [1.807, 2.05) is 0 Å². The lowest BCUT2D eigenvalue weighted by molar-refractivity contribution is -0.148. The molecule has 1 amide bonds. The van der Waals surface area contributed by atoms with E-state index in [9.17, 15) is 9.59 Å². The fourth-order valence-corrected chi connectivity index (χ4v) is 3.08. The zero-order valence-corrected chi connectivity index (χ0v) is 13.0. The van der Waals surface area contributed by atoms with Crippen molar-refractivity contribution in [3.8, 4) is 0 Å². The third-order valence-electron chi connectivity index (χ3n) is 4.40. The zero-order chi connectivity index (χ0) is 15.2. The number of esters is 1. The van der Waals surface area contributed by atoms with E-state index in [2.05, 4.69) is 0 Å². The van der Waals surface area contributed by atoms with Crippen LogP contribution in [-0.2, 0) is 14.3 Å². The Labute approximate surface area is 121 Å². The van der Waals surface area contributed by atoms with E-state index < -0.39 is 5.41 Å². The number of hydrogen-bond acceptors (Lipinski definition) is 4. The topological polar surface area (TPSA) is 72.6 Å². The molecular weight excluding hydrogens is 256 g/mol. The van der Waals surface area contributed by atoms with Gasteiger partial charge in [0.2, 0.25) is 5.91 Å². The van der Waals surface area contributed by atoms with Crippen LogP contribution in [0.1, 0.15) is 45.4 Å². The highest BCUT2D eigenvalue weighted by Gasteiger charge is 2.39. The monoisotopic (exact) mass is 284 g/mol. The van der Waals surface area contributed by atoms with Gasteiger partial charge in [0.25, 0.3) is 0 Å². The Morgan fingerprint density at radius 1 is 1.25 bits per heavy atom. The van der Waals surface area contributed by atoms with Gasteiger partial charge in [0.15, 0.2) is 0 Å². The van der Waals surface area contributed by atoms with Crippen LogP contribution in [0, 0.1) is 11.3 Å². The molecule has 1 unspecified atom stereocenters. The first-order valence-electron chi connectivity index (χ1n) is 7.50. The third kappa shape index (κ3) is 3.95. The summed E-state index contributed by atoms with van der Waals surface area (Å²) >= 11 is 0. The molecule has 0 spiro atoms. The molecule has 0 heterocycles. The molecule has 1 rings (SSSR count). The van der Waals surface area contributed by atoms with Crippen LogP contribution in [0.3, 0.4) is 0 Å². The number of carbonyl (C=O) groups is 2. The van der Waals surface area contributed by atoms with Crippen LogP contribution in [0.15, 0.2) is 0 Å². The number of rotatable bonds is 5. The van der Waals surface area contributed by atoms with Gasteiger partial charge < -0.3 is 15.4 Å². The number of carbonyl (C=O) groups excluding carboxylic acids is 2. The van der Waals surface area contributed by atoms with E-state index in [-0.39, 0.29) is 17.8 Å². The van der Waals surface area contributed by atoms with Gasteiger partial charge in [-0.3, -0.25) is 9.59 Å². The highest BCUT2D eigenvalue weighted by atomic mass is 16.5. The molecule has 5 nitrogen and oxygen atoms in total. The third-order valence-corrected chi connectivity index (χ3v) is 4.40. The van der Waals surface area contributed by atoms with Crippen LogP contribution in [0.2, 0.25) is 0 Å². The van der Waals surface area contributed by atoms with Crippen molar-refractivity contribution < 1.29 is 14.3 Å². The zero-order valence-electron chi connectivity index (χ0n) is 13.0. The largest absolute Gasteiger partial charge is 0.469 e. The first-order valence-corrected chi connectivity index (χ1v) is 7.50. The van der Waals surface area contributed by atoms with Crippen LogP contribution in [-0.4, -0.2) is 44.0 Å². The molecule has 0 aromatic rings. The van der Waals surface area contributed by atoms with Crippen LogP contribution < -0.4 is 5.73 Å². The summed E-state index contributed by atoms with van der Waals surface area (Å²) in [5, 5.41) is 0. The summed E-state index contributed by atoms with van der Waals surface area (Å²) < 4.78 is 4.71. The van der Waals surface area contributed by atoms with Gasteiger partial charge in [-0.1, -0.05) is 32.6 Å². The lowest BCUT2D eigenvalue weighted by Gasteiger charge is -2.34. The van der Waals surface area contributed by atoms with Gasteiger partial charge in [0, 0.05) is 20.1 Å². The molecule has 0 saturated heterocycles. The second kappa shape index (κ2) is 7.62. The van der Waals surface area contributed by atoms with E-state index in [0.717, 1.165) is 25.7 Å². The Bertz CT molecular complexity index is 336. The number of hydrogen-bond donors (Lipinski definition) is 1. The van der Waals surface area contributed by atoms with Gasteiger partial charge in [-0.05, 0) is 12.8 Å². The second-order valence-corrected chi connectivity index (χ2v) is 6.01. The molecule has 1 fully saturated rings. The fraction of sp³-hybridized carbons (Fsp3) is 0.867. The van der Waals surface area contributed by atoms with Crippen LogP contribution in [0.5, 0.6) is 0 Å². The lowest BCUT2D eigenvalue weighted by Crippen LogP contribution is -2.48. The van der Waals surface area contributed by atoms with Crippen molar-refractivity contribution in [2.45, 2.75) is 45.4 Å². The quantitative estimate of drug-likeness (QED) is 0.614.